The van der Waals surface area contributed by atoms with Gasteiger partial charge >= 0.3 is 6.18 Å². The lowest BCUT2D eigenvalue weighted by Crippen LogP contribution is -2.51. The van der Waals surface area contributed by atoms with Crippen LogP contribution in [0, 0.1) is 23.2 Å². The number of carbonyl (C=O) groups is 1. The Kier molecular flexibility index (Phi) is 3.17. The van der Waals surface area contributed by atoms with Gasteiger partial charge in [0.2, 0.25) is 5.91 Å². The minimum atomic E-state index is -4.68. The monoisotopic (exact) mass is 378 g/mol. The molecular weight excluding hydrogens is 361 g/mol. The molecule has 0 aliphatic carbocycles. The lowest BCUT2D eigenvalue weighted by atomic mass is 9.66. The maximum atomic E-state index is 13.4. The topological polar surface area (TPSA) is 62.6 Å². The van der Waals surface area contributed by atoms with Crippen molar-refractivity contribution < 1.29 is 27.4 Å². The van der Waals surface area contributed by atoms with Crippen molar-refractivity contribution in [3.05, 3.63) is 29.3 Å². The average Bonchev–Trinajstić information content (AvgIpc) is 3.20. The van der Waals surface area contributed by atoms with Crippen molar-refractivity contribution in [1.29, 1.82) is 5.26 Å². The van der Waals surface area contributed by atoms with Crippen molar-refractivity contribution >= 4 is 11.6 Å². The maximum Gasteiger partial charge on any atom is 0.417 e. The average molecular weight is 378 g/mol. The molecule has 1 amide bonds. The van der Waals surface area contributed by atoms with Gasteiger partial charge in [-0.2, -0.15) is 18.4 Å². The summed E-state index contributed by atoms with van der Waals surface area (Å²) in [6.07, 6.45) is -3.01. The fourth-order valence-corrected chi connectivity index (χ4v) is 5.60. The maximum absolute atomic E-state index is 13.4. The second-order valence-corrected chi connectivity index (χ2v) is 8.04. The van der Waals surface area contributed by atoms with Crippen molar-refractivity contribution in [2.24, 2.45) is 11.8 Å². The van der Waals surface area contributed by atoms with Gasteiger partial charge in [-0.1, -0.05) is 0 Å². The van der Waals surface area contributed by atoms with Crippen LogP contribution in [0.2, 0.25) is 0 Å². The van der Waals surface area contributed by atoms with Crippen LogP contribution in [-0.4, -0.2) is 29.9 Å². The lowest BCUT2D eigenvalue weighted by Gasteiger charge is -2.41. The summed E-state index contributed by atoms with van der Waals surface area (Å²) >= 11 is 0. The van der Waals surface area contributed by atoms with Crippen LogP contribution in [0.1, 0.15) is 37.3 Å². The predicted octanol–water partition coefficient (Wildman–Crippen LogP) is 3.22. The smallest absolute Gasteiger partial charge is 0.367 e. The summed E-state index contributed by atoms with van der Waals surface area (Å²) in [5.74, 6) is -0.849. The van der Waals surface area contributed by atoms with Crippen LogP contribution in [0.5, 0.6) is 0 Å². The molecule has 1 aromatic carbocycles. The van der Waals surface area contributed by atoms with Crippen LogP contribution in [-0.2, 0) is 20.4 Å². The number of carbonyl (C=O) groups excluding carboxylic acids is 1. The Labute approximate surface area is 153 Å². The molecule has 27 heavy (non-hydrogen) atoms. The Morgan fingerprint density at radius 2 is 2.07 bits per heavy atom. The van der Waals surface area contributed by atoms with Gasteiger partial charge in [0.15, 0.2) is 0 Å². The number of anilines is 1. The van der Waals surface area contributed by atoms with Gasteiger partial charge in [0.1, 0.15) is 6.23 Å². The van der Waals surface area contributed by atoms with E-state index in [-0.39, 0.29) is 17.5 Å². The molecule has 4 aliphatic rings. The number of rotatable bonds is 1. The molecule has 4 saturated heterocycles. The molecule has 0 radical (unpaired) electrons. The van der Waals surface area contributed by atoms with Gasteiger partial charge in [-0.05, 0) is 38.0 Å². The first-order valence-corrected chi connectivity index (χ1v) is 8.96. The fraction of sp³-hybridized carbons (Fsp3) is 0.579. The van der Waals surface area contributed by atoms with Crippen molar-refractivity contribution in [3.8, 4) is 6.07 Å². The molecule has 5 rings (SSSR count). The molecule has 0 saturated carbocycles. The number of benzene rings is 1. The van der Waals surface area contributed by atoms with Crippen LogP contribution in [0.3, 0.4) is 0 Å². The number of alkyl halides is 3. The summed E-state index contributed by atoms with van der Waals surface area (Å²) in [7, 11) is 0. The number of halogens is 3. The van der Waals surface area contributed by atoms with E-state index in [0.29, 0.717) is 13.0 Å². The Hall–Kier alpha value is -2.11. The van der Waals surface area contributed by atoms with Crippen LogP contribution in [0.4, 0.5) is 18.9 Å². The Bertz CT molecular complexity index is 891. The Balaban J connectivity index is 1.62. The SMILES string of the molecule is C[C@]12CC[C@@]3(CCO[C@@H]4[C@H]3[C@H]1C(=O)N4c1ccc(C#N)c(C(F)(F)F)c1)O2. The van der Waals surface area contributed by atoms with Gasteiger partial charge in [-0.15, -0.1) is 0 Å². The summed E-state index contributed by atoms with van der Waals surface area (Å²) in [5.41, 5.74) is -2.41. The van der Waals surface area contributed by atoms with Gasteiger partial charge in [-0.3, -0.25) is 9.69 Å². The molecule has 8 heteroatoms. The minimum Gasteiger partial charge on any atom is -0.367 e. The van der Waals surface area contributed by atoms with E-state index >= 15 is 0 Å². The number of hydrogen-bond donors (Lipinski definition) is 0. The second kappa shape index (κ2) is 5.03. The first kappa shape index (κ1) is 17.0. The third-order valence-electron chi connectivity index (χ3n) is 6.69. The first-order chi connectivity index (χ1) is 12.7. The highest BCUT2D eigenvalue weighted by atomic mass is 19.4. The summed E-state index contributed by atoms with van der Waals surface area (Å²) in [5, 5.41) is 9.00. The van der Waals surface area contributed by atoms with Gasteiger partial charge in [0, 0.05) is 18.0 Å². The number of fused-ring (bicyclic) bond motifs is 2. The Morgan fingerprint density at radius 1 is 1.30 bits per heavy atom. The summed E-state index contributed by atoms with van der Waals surface area (Å²) in [6, 6.07) is 4.96. The Morgan fingerprint density at radius 3 is 2.78 bits per heavy atom. The van der Waals surface area contributed by atoms with E-state index in [2.05, 4.69) is 0 Å². The highest BCUT2D eigenvalue weighted by Crippen LogP contribution is 2.65. The summed E-state index contributed by atoms with van der Waals surface area (Å²) in [4.78, 5) is 14.6. The summed E-state index contributed by atoms with van der Waals surface area (Å²) in [6.45, 7) is 2.32. The molecule has 4 heterocycles. The van der Waals surface area contributed by atoms with Gasteiger partial charge in [0.25, 0.3) is 0 Å². The van der Waals surface area contributed by atoms with Crippen molar-refractivity contribution in [2.75, 3.05) is 11.5 Å². The molecular formula is C19H17F3N2O3. The van der Waals surface area contributed by atoms with Gasteiger partial charge in [-0.25, -0.2) is 0 Å². The van der Waals surface area contributed by atoms with E-state index < -0.39 is 40.7 Å². The van der Waals surface area contributed by atoms with Crippen molar-refractivity contribution in [1.82, 2.24) is 0 Å². The molecule has 5 atom stereocenters. The zero-order chi connectivity index (χ0) is 19.2. The van der Waals surface area contributed by atoms with E-state index in [0.717, 1.165) is 25.0 Å². The van der Waals surface area contributed by atoms with E-state index in [9.17, 15) is 18.0 Å². The standard InChI is InChI=1S/C19H17F3N2O3/c1-17-4-5-18(27-17)6-7-26-16-14(18)13(17)15(25)24(16)11-3-2-10(9-23)12(8-11)19(20,21)22/h2-3,8,13-14,16H,4-7H2,1H3/t13-,14+,16+,17-,18-/m0/s1. The molecule has 1 aromatic rings. The van der Waals surface area contributed by atoms with Crippen LogP contribution in [0.25, 0.3) is 0 Å². The van der Waals surface area contributed by atoms with E-state index in [1.807, 2.05) is 6.92 Å². The van der Waals surface area contributed by atoms with E-state index in [1.54, 1.807) is 6.07 Å². The highest BCUT2D eigenvalue weighted by molar-refractivity contribution is 6.00. The number of nitrogens with zero attached hydrogens (tertiary/aromatic N) is 2. The molecule has 5 nitrogen and oxygen atoms in total. The fourth-order valence-electron chi connectivity index (χ4n) is 5.60. The zero-order valence-corrected chi connectivity index (χ0v) is 14.5. The number of nitriles is 1. The summed E-state index contributed by atoms with van der Waals surface area (Å²) < 4.78 is 52.3. The number of hydrogen-bond acceptors (Lipinski definition) is 4. The second-order valence-electron chi connectivity index (χ2n) is 8.04. The third-order valence-corrected chi connectivity index (χ3v) is 6.69. The molecule has 2 bridgehead atoms. The molecule has 142 valence electrons. The highest BCUT2D eigenvalue weighted by Gasteiger charge is 2.75. The number of amides is 1. The predicted molar refractivity (Wildman–Crippen MR) is 86.4 cm³/mol. The molecule has 4 aliphatic heterocycles. The van der Waals surface area contributed by atoms with Crippen LogP contribution < -0.4 is 4.90 Å². The van der Waals surface area contributed by atoms with E-state index in [1.165, 1.54) is 11.0 Å². The number of ether oxygens (including phenoxy) is 2. The molecule has 0 N–H and O–H groups in total. The molecule has 1 spiro atoms. The van der Waals surface area contributed by atoms with Gasteiger partial charge in [0.05, 0.1) is 40.9 Å². The third kappa shape index (κ3) is 2.04. The first-order valence-electron chi connectivity index (χ1n) is 8.96. The molecule has 0 unspecified atom stereocenters. The van der Waals surface area contributed by atoms with Crippen molar-refractivity contribution in [2.45, 2.75) is 49.8 Å². The normalized spacial score (nSPS) is 39.6. The van der Waals surface area contributed by atoms with Crippen LogP contribution in [0.15, 0.2) is 18.2 Å². The lowest BCUT2D eigenvalue weighted by molar-refractivity contribution is -0.140. The largest absolute Gasteiger partial charge is 0.417 e. The van der Waals surface area contributed by atoms with Crippen molar-refractivity contribution in [3.63, 3.8) is 0 Å². The van der Waals surface area contributed by atoms with Crippen LogP contribution >= 0.6 is 0 Å². The zero-order valence-electron chi connectivity index (χ0n) is 14.5. The van der Waals surface area contributed by atoms with E-state index in [4.69, 9.17) is 14.7 Å². The minimum absolute atomic E-state index is 0.116. The van der Waals surface area contributed by atoms with Gasteiger partial charge < -0.3 is 9.47 Å². The molecule has 0 aromatic heterocycles. The molecule has 4 fully saturated rings. The quantitative estimate of drug-likeness (QED) is 0.753.